The number of rotatable bonds is 4. The molecule has 1 aromatic carbocycles. The number of benzene rings is 1. The number of nitrogens with zero attached hydrogens (tertiary/aromatic N) is 5. The second-order valence-electron chi connectivity index (χ2n) is 5.68. The average molecular weight is 354 g/mol. The van der Waals surface area contributed by atoms with Crippen molar-refractivity contribution in [2.75, 3.05) is 5.32 Å². The van der Waals surface area contributed by atoms with Gasteiger partial charge in [-0.2, -0.15) is 5.10 Å². The predicted octanol–water partition coefficient (Wildman–Crippen LogP) is 3.38. The van der Waals surface area contributed by atoms with E-state index in [1.54, 1.807) is 34.5 Å². The molecule has 0 fully saturated rings. The Balaban J connectivity index is 1.52. The van der Waals surface area contributed by atoms with Crippen molar-refractivity contribution in [3.63, 3.8) is 0 Å². The molecule has 0 aliphatic rings. The number of aromatic nitrogens is 5. The van der Waals surface area contributed by atoms with Crippen LogP contribution in [0.2, 0.25) is 0 Å². The molecule has 4 rings (SSSR count). The Morgan fingerprint density at radius 3 is 2.96 bits per heavy atom. The van der Waals surface area contributed by atoms with Crippen LogP contribution < -0.4 is 5.32 Å². The molecule has 0 aliphatic heterocycles. The summed E-state index contributed by atoms with van der Waals surface area (Å²) in [4.78, 5) is 16.5. The molecule has 25 heavy (non-hydrogen) atoms. The van der Waals surface area contributed by atoms with Crippen LogP contribution in [0, 0.1) is 0 Å². The van der Waals surface area contributed by atoms with E-state index in [0.717, 1.165) is 10.2 Å². The quantitative estimate of drug-likeness (QED) is 0.603. The number of fused-ring (bicyclic) bond motifs is 1. The van der Waals surface area contributed by atoms with Crippen molar-refractivity contribution >= 4 is 33.5 Å². The van der Waals surface area contributed by atoms with Gasteiger partial charge < -0.3 is 4.42 Å². The maximum atomic E-state index is 12.3. The molecule has 0 spiro atoms. The molecule has 1 N–H and O–H groups in total. The number of nitrogens with one attached hydrogen (secondary N) is 1. The smallest absolute Gasteiger partial charge is 0.322 e. The van der Waals surface area contributed by atoms with Gasteiger partial charge in [0.05, 0.1) is 15.7 Å². The van der Waals surface area contributed by atoms with Crippen LogP contribution >= 0.6 is 11.3 Å². The number of hydrogen-bond donors (Lipinski definition) is 1. The highest BCUT2D eigenvalue weighted by Crippen LogP contribution is 2.21. The van der Waals surface area contributed by atoms with Gasteiger partial charge in [0, 0.05) is 17.8 Å². The van der Waals surface area contributed by atoms with E-state index in [1.807, 2.05) is 20.0 Å². The van der Waals surface area contributed by atoms with Crippen molar-refractivity contribution in [1.82, 2.24) is 25.0 Å². The molecule has 8 nitrogen and oxygen atoms in total. The lowest BCUT2D eigenvalue weighted by Gasteiger charge is -2.02. The van der Waals surface area contributed by atoms with Gasteiger partial charge in [-0.15, -0.1) is 16.4 Å². The molecule has 0 aliphatic carbocycles. The molecule has 1 amide bonds. The van der Waals surface area contributed by atoms with Gasteiger partial charge in [0.15, 0.2) is 0 Å². The van der Waals surface area contributed by atoms with E-state index in [-0.39, 0.29) is 23.9 Å². The summed E-state index contributed by atoms with van der Waals surface area (Å²) < 4.78 is 8.22. The minimum atomic E-state index is -0.321. The Labute approximate surface area is 146 Å². The van der Waals surface area contributed by atoms with Gasteiger partial charge in [-0.25, -0.2) is 4.98 Å². The molecule has 4 aromatic rings. The fourth-order valence-electron chi connectivity index (χ4n) is 2.28. The van der Waals surface area contributed by atoms with Gasteiger partial charge in [0.25, 0.3) is 11.8 Å². The van der Waals surface area contributed by atoms with E-state index < -0.39 is 0 Å². The zero-order valence-electron chi connectivity index (χ0n) is 13.5. The van der Waals surface area contributed by atoms with Crippen LogP contribution in [0.3, 0.4) is 0 Å². The highest BCUT2D eigenvalue weighted by atomic mass is 32.1. The second-order valence-corrected chi connectivity index (χ2v) is 6.56. The fraction of sp³-hybridized carbons (Fsp3) is 0.188. The molecule has 0 saturated heterocycles. The summed E-state index contributed by atoms with van der Waals surface area (Å²) in [5.41, 5.74) is 3.67. The molecule has 0 atom stereocenters. The Bertz CT molecular complexity index is 1050. The van der Waals surface area contributed by atoms with E-state index in [1.165, 1.54) is 11.3 Å². The first-order valence-corrected chi connectivity index (χ1v) is 8.52. The number of carbonyl (C=O) groups is 1. The van der Waals surface area contributed by atoms with Crippen LogP contribution in [-0.4, -0.2) is 30.9 Å². The third kappa shape index (κ3) is 3.01. The van der Waals surface area contributed by atoms with Crippen LogP contribution in [0.15, 0.2) is 40.4 Å². The van der Waals surface area contributed by atoms with Gasteiger partial charge in [-0.3, -0.25) is 14.8 Å². The van der Waals surface area contributed by atoms with Crippen LogP contribution in [0.1, 0.15) is 30.2 Å². The zero-order valence-corrected chi connectivity index (χ0v) is 14.3. The molecule has 0 saturated carbocycles. The fourth-order valence-corrected chi connectivity index (χ4v) is 3.00. The van der Waals surface area contributed by atoms with E-state index in [2.05, 4.69) is 25.6 Å². The number of anilines is 1. The normalized spacial score (nSPS) is 11.3. The van der Waals surface area contributed by atoms with Crippen LogP contribution in [0.4, 0.5) is 6.01 Å². The second kappa shape index (κ2) is 6.10. The molecule has 0 radical (unpaired) electrons. The van der Waals surface area contributed by atoms with Crippen LogP contribution in [-0.2, 0) is 0 Å². The van der Waals surface area contributed by atoms with E-state index >= 15 is 0 Å². The summed E-state index contributed by atoms with van der Waals surface area (Å²) >= 11 is 1.48. The maximum Gasteiger partial charge on any atom is 0.322 e. The first-order valence-electron chi connectivity index (χ1n) is 7.64. The zero-order chi connectivity index (χ0) is 17.4. The predicted molar refractivity (Wildman–Crippen MR) is 93.5 cm³/mol. The molecular weight excluding hydrogens is 340 g/mol. The van der Waals surface area contributed by atoms with Crippen molar-refractivity contribution in [2.24, 2.45) is 0 Å². The molecule has 0 bridgehead atoms. The van der Waals surface area contributed by atoms with Crippen molar-refractivity contribution in [2.45, 2.75) is 19.9 Å². The molecule has 126 valence electrons. The third-order valence-electron chi connectivity index (χ3n) is 3.60. The summed E-state index contributed by atoms with van der Waals surface area (Å²) in [6.45, 7) is 4.05. The largest absolute Gasteiger partial charge is 0.401 e. The monoisotopic (exact) mass is 354 g/mol. The summed E-state index contributed by atoms with van der Waals surface area (Å²) in [5.74, 6) is -0.0641. The van der Waals surface area contributed by atoms with Crippen LogP contribution in [0.5, 0.6) is 0 Å². The summed E-state index contributed by atoms with van der Waals surface area (Å²) in [6, 6.07) is 7.35. The highest BCUT2D eigenvalue weighted by molar-refractivity contribution is 7.16. The first-order chi connectivity index (χ1) is 12.1. The topological polar surface area (TPSA) is 98.7 Å². The Morgan fingerprint density at radius 1 is 1.28 bits per heavy atom. The van der Waals surface area contributed by atoms with Gasteiger partial charge in [-0.1, -0.05) is 5.10 Å². The van der Waals surface area contributed by atoms with E-state index in [9.17, 15) is 4.79 Å². The lowest BCUT2D eigenvalue weighted by atomic mass is 10.2. The van der Waals surface area contributed by atoms with E-state index in [0.29, 0.717) is 11.3 Å². The molecule has 9 heteroatoms. The maximum absolute atomic E-state index is 12.3. The summed E-state index contributed by atoms with van der Waals surface area (Å²) in [7, 11) is 0. The Kier molecular flexibility index (Phi) is 3.77. The van der Waals surface area contributed by atoms with Gasteiger partial charge in [-0.05, 0) is 38.1 Å². The minimum Gasteiger partial charge on any atom is -0.401 e. The number of hydrogen-bond acceptors (Lipinski definition) is 7. The minimum absolute atomic E-state index is 0.0310. The van der Waals surface area contributed by atoms with Crippen molar-refractivity contribution in [3.8, 4) is 11.6 Å². The highest BCUT2D eigenvalue weighted by Gasteiger charge is 2.15. The Hall–Kier alpha value is -3.07. The van der Waals surface area contributed by atoms with E-state index in [4.69, 9.17) is 4.42 Å². The first kappa shape index (κ1) is 15.5. The summed E-state index contributed by atoms with van der Waals surface area (Å²) in [6.07, 6.45) is 1.84. The number of carbonyl (C=O) groups excluding carboxylic acids is 1. The van der Waals surface area contributed by atoms with Gasteiger partial charge in [0.1, 0.15) is 5.69 Å². The standard InChI is InChI=1S/C16H14N6O2S/c1-9(2)22-6-5-12(21-22)15-19-20-16(24-15)18-14(23)10-3-4-11-13(7-10)25-8-17-11/h3-9H,1-2H3,(H,18,20,23). The summed E-state index contributed by atoms with van der Waals surface area (Å²) in [5, 5.41) is 14.8. The number of thiazole rings is 1. The lowest BCUT2D eigenvalue weighted by Crippen LogP contribution is -2.11. The van der Waals surface area contributed by atoms with Crippen molar-refractivity contribution < 1.29 is 9.21 Å². The molecule has 0 unspecified atom stereocenters. The van der Waals surface area contributed by atoms with Crippen molar-refractivity contribution in [3.05, 3.63) is 41.5 Å². The van der Waals surface area contributed by atoms with Gasteiger partial charge in [0.2, 0.25) is 0 Å². The van der Waals surface area contributed by atoms with Gasteiger partial charge >= 0.3 is 6.01 Å². The van der Waals surface area contributed by atoms with Crippen LogP contribution in [0.25, 0.3) is 21.8 Å². The molecule has 3 heterocycles. The molecule has 3 aromatic heterocycles. The van der Waals surface area contributed by atoms with Crippen molar-refractivity contribution in [1.29, 1.82) is 0 Å². The average Bonchev–Trinajstić information content (AvgIpc) is 3.33. The lowest BCUT2D eigenvalue weighted by molar-refractivity contribution is 0.102. The SMILES string of the molecule is CC(C)n1ccc(-c2nnc(NC(=O)c3ccc4ncsc4c3)o2)n1. The molecular formula is C16H14N6O2S. The Morgan fingerprint density at radius 2 is 2.16 bits per heavy atom. The number of amides is 1. The third-order valence-corrected chi connectivity index (χ3v) is 4.39.